The first kappa shape index (κ1) is 12.7. The summed E-state index contributed by atoms with van der Waals surface area (Å²) in [4.78, 5) is 9.73. The lowest BCUT2D eigenvalue weighted by molar-refractivity contribution is 0.627. The lowest BCUT2D eigenvalue weighted by atomic mass is 10.3. The molecule has 2 aromatic rings. The van der Waals surface area contributed by atoms with Crippen LogP contribution in [-0.2, 0) is 0 Å². The molecule has 0 fully saturated rings. The van der Waals surface area contributed by atoms with Crippen LogP contribution in [0.3, 0.4) is 0 Å². The molecule has 0 bridgehead atoms. The SMILES string of the molecule is CN(c1ccccc1F)c1nc(NN)ncc1Br. The van der Waals surface area contributed by atoms with Crippen LogP contribution in [-0.4, -0.2) is 17.0 Å². The number of halogens is 2. The molecule has 7 heteroatoms. The number of rotatable bonds is 3. The number of nitrogens with zero attached hydrogens (tertiary/aromatic N) is 3. The van der Waals surface area contributed by atoms with Crippen molar-refractivity contribution in [2.45, 2.75) is 0 Å². The minimum Gasteiger partial charge on any atom is -0.326 e. The summed E-state index contributed by atoms with van der Waals surface area (Å²) in [5, 5.41) is 0. The highest BCUT2D eigenvalue weighted by atomic mass is 79.9. The maximum Gasteiger partial charge on any atom is 0.239 e. The highest BCUT2D eigenvalue weighted by molar-refractivity contribution is 9.10. The number of nitrogens with one attached hydrogen (secondary N) is 1. The number of anilines is 3. The van der Waals surface area contributed by atoms with Crippen molar-refractivity contribution in [2.75, 3.05) is 17.4 Å². The Morgan fingerprint density at radius 3 is 2.78 bits per heavy atom. The minimum atomic E-state index is -0.326. The Hall–Kier alpha value is -1.73. The van der Waals surface area contributed by atoms with Crippen molar-refractivity contribution in [3.8, 4) is 0 Å². The van der Waals surface area contributed by atoms with Gasteiger partial charge in [-0.05, 0) is 28.1 Å². The Morgan fingerprint density at radius 2 is 2.11 bits per heavy atom. The lowest BCUT2D eigenvalue weighted by Gasteiger charge is -2.20. The fourth-order valence-electron chi connectivity index (χ4n) is 1.50. The smallest absolute Gasteiger partial charge is 0.239 e. The number of hydrogen-bond donors (Lipinski definition) is 2. The predicted octanol–water partition coefficient (Wildman–Crippen LogP) is 2.43. The number of nitrogens with two attached hydrogens (primary N) is 1. The van der Waals surface area contributed by atoms with Gasteiger partial charge in [0.2, 0.25) is 5.95 Å². The maximum absolute atomic E-state index is 13.7. The van der Waals surface area contributed by atoms with E-state index < -0.39 is 0 Å². The summed E-state index contributed by atoms with van der Waals surface area (Å²) in [6.45, 7) is 0. The number of hydrazine groups is 1. The van der Waals surface area contributed by atoms with Crippen molar-refractivity contribution in [1.82, 2.24) is 9.97 Å². The van der Waals surface area contributed by atoms with Crippen LogP contribution in [0.4, 0.5) is 21.8 Å². The summed E-state index contributed by atoms with van der Waals surface area (Å²) in [6, 6.07) is 6.45. The van der Waals surface area contributed by atoms with Gasteiger partial charge >= 0.3 is 0 Å². The topological polar surface area (TPSA) is 67.1 Å². The molecule has 3 N–H and O–H groups in total. The van der Waals surface area contributed by atoms with Crippen LogP contribution in [0.5, 0.6) is 0 Å². The zero-order valence-corrected chi connectivity index (χ0v) is 11.1. The molecular formula is C11H11BrFN5. The van der Waals surface area contributed by atoms with Crippen LogP contribution >= 0.6 is 15.9 Å². The highest BCUT2D eigenvalue weighted by Gasteiger charge is 2.14. The van der Waals surface area contributed by atoms with E-state index in [0.29, 0.717) is 16.0 Å². The summed E-state index contributed by atoms with van der Waals surface area (Å²) >= 11 is 3.32. The van der Waals surface area contributed by atoms with Gasteiger partial charge in [0, 0.05) is 13.2 Å². The van der Waals surface area contributed by atoms with Crippen LogP contribution in [0.2, 0.25) is 0 Å². The highest BCUT2D eigenvalue weighted by Crippen LogP contribution is 2.30. The average Bonchev–Trinajstić information content (AvgIpc) is 2.39. The molecule has 1 aromatic heterocycles. The fourth-order valence-corrected chi connectivity index (χ4v) is 1.96. The molecule has 2 rings (SSSR count). The Kier molecular flexibility index (Phi) is 3.73. The molecule has 0 aliphatic rings. The second-order valence-electron chi connectivity index (χ2n) is 3.52. The van der Waals surface area contributed by atoms with Crippen LogP contribution < -0.4 is 16.2 Å². The first-order valence-corrected chi connectivity index (χ1v) is 5.90. The van der Waals surface area contributed by atoms with Crippen LogP contribution in [0.25, 0.3) is 0 Å². The molecule has 0 aliphatic heterocycles. The first-order valence-electron chi connectivity index (χ1n) is 5.11. The van der Waals surface area contributed by atoms with Gasteiger partial charge in [-0.15, -0.1) is 0 Å². The van der Waals surface area contributed by atoms with Gasteiger partial charge in [0.25, 0.3) is 0 Å². The number of benzene rings is 1. The molecule has 0 saturated carbocycles. The zero-order chi connectivity index (χ0) is 13.1. The van der Waals surface area contributed by atoms with Gasteiger partial charge in [0.15, 0.2) is 5.82 Å². The van der Waals surface area contributed by atoms with E-state index in [1.54, 1.807) is 36.3 Å². The van der Waals surface area contributed by atoms with Crippen molar-refractivity contribution in [3.63, 3.8) is 0 Å². The number of aromatic nitrogens is 2. The molecule has 0 spiro atoms. The van der Waals surface area contributed by atoms with E-state index in [1.807, 2.05) is 0 Å². The molecule has 94 valence electrons. The van der Waals surface area contributed by atoms with E-state index in [1.165, 1.54) is 6.07 Å². The molecule has 0 atom stereocenters. The third kappa shape index (κ3) is 2.41. The normalized spacial score (nSPS) is 10.2. The van der Waals surface area contributed by atoms with Crippen molar-refractivity contribution in [3.05, 3.63) is 40.8 Å². The van der Waals surface area contributed by atoms with Gasteiger partial charge in [-0.3, -0.25) is 5.43 Å². The standard InChI is InChI=1S/C11H11BrFN5/c1-18(9-5-3-2-4-8(9)13)10-7(12)6-15-11(16-10)17-14/h2-6H,14H2,1H3,(H,15,16,17). The van der Waals surface area contributed by atoms with Gasteiger partial charge in [0.1, 0.15) is 5.82 Å². The van der Waals surface area contributed by atoms with E-state index >= 15 is 0 Å². The Labute approximate surface area is 112 Å². The lowest BCUT2D eigenvalue weighted by Crippen LogP contribution is -2.17. The number of para-hydroxylation sites is 1. The predicted molar refractivity (Wildman–Crippen MR) is 72.0 cm³/mol. The Morgan fingerprint density at radius 1 is 1.39 bits per heavy atom. The van der Waals surface area contributed by atoms with Gasteiger partial charge in [-0.2, -0.15) is 4.98 Å². The maximum atomic E-state index is 13.7. The molecule has 0 radical (unpaired) electrons. The van der Waals surface area contributed by atoms with Gasteiger partial charge in [-0.25, -0.2) is 15.2 Å². The average molecular weight is 312 g/mol. The largest absolute Gasteiger partial charge is 0.326 e. The molecular weight excluding hydrogens is 301 g/mol. The summed E-state index contributed by atoms with van der Waals surface area (Å²) < 4.78 is 14.3. The number of nitrogen functional groups attached to an aromatic ring is 1. The summed E-state index contributed by atoms with van der Waals surface area (Å²) in [6.07, 6.45) is 1.55. The molecule has 18 heavy (non-hydrogen) atoms. The van der Waals surface area contributed by atoms with Crippen molar-refractivity contribution >= 4 is 33.4 Å². The quantitative estimate of drug-likeness (QED) is 0.673. The Balaban J connectivity index is 2.45. The van der Waals surface area contributed by atoms with E-state index in [9.17, 15) is 4.39 Å². The second kappa shape index (κ2) is 5.28. The van der Waals surface area contributed by atoms with E-state index in [4.69, 9.17) is 5.84 Å². The fraction of sp³-hybridized carbons (Fsp3) is 0.0909. The van der Waals surface area contributed by atoms with Crippen molar-refractivity contribution in [1.29, 1.82) is 0 Å². The molecule has 0 unspecified atom stereocenters. The van der Waals surface area contributed by atoms with E-state index in [2.05, 4.69) is 31.3 Å². The van der Waals surface area contributed by atoms with E-state index in [-0.39, 0.29) is 11.8 Å². The number of hydrogen-bond acceptors (Lipinski definition) is 5. The van der Waals surface area contributed by atoms with Gasteiger partial charge < -0.3 is 4.90 Å². The minimum absolute atomic E-state index is 0.261. The summed E-state index contributed by atoms with van der Waals surface area (Å²) in [5.41, 5.74) is 2.77. The second-order valence-corrected chi connectivity index (χ2v) is 4.37. The monoisotopic (exact) mass is 311 g/mol. The summed E-state index contributed by atoms with van der Waals surface area (Å²) in [7, 11) is 1.71. The van der Waals surface area contributed by atoms with Gasteiger partial charge in [0.05, 0.1) is 10.2 Å². The first-order chi connectivity index (χ1) is 8.63. The van der Waals surface area contributed by atoms with Crippen LogP contribution in [0, 0.1) is 5.82 Å². The molecule has 0 saturated heterocycles. The molecule has 5 nitrogen and oxygen atoms in total. The molecule has 0 amide bonds. The zero-order valence-electron chi connectivity index (χ0n) is 9.56. The summed E-state index contributed by atoms with van der Waals surface area (Å²) in [5.74, 6) is 5.71. The molecule has 0 aliphatic carbocycles. The molecule has 1 aromatic carbocycles. The Bertz CT molecular complexity index is 563. The van der Waals surface area contributed by atoms with E-state index in [0.717, 1.165) is 0 Å². The third-order valence-electron chi connectivity index (χ3n) is 2.39. The molecule has 1 heterocycles. The van der Waals surface area contributed by atoms with Crippen LogP contribution in [0.1, 0.15) is 0 Å². The van der Waals surface area contributed by atoms with Crippen LogP contribution in [0.15, 0.2) is 34.9 Å². The van der Waals surface area contributed by atoms with Gasteiger partial charge in [-0.1, -0.05) is 12.1 Å². The third-order valence-corrected chi connectivity index (χ3v) is 2.95. The van der Waals surface area contributed by atoms with Crippen molar-refractivity contribution in [2.24, 2.45) is 5.84 Å². The van der Waals surface area contributed by atoms with Crippen molar-refractivity contribution < 1.29 is 4.39 Å².